The van der Waals surface area contributed by atoms with Crippen molar-refractivity contribution in [1.82, 2.24) is 30.4 Å². The minimum Gasteiger partial charge on any atom is -0.416 e. The Morgan fingerprint density at radius 2 is 0.500 bits per heavy atom. The summed E-state index contributed by atoms with van der Waals surface area (Å²) >= 11 is 0. The molecular formula is C90H64N8O2. The number of para-hydroxylation sites is 2. The summed E-state index contributed by atoms with van der Waals surface area (Å²) in [5.41, 5.74) is 28.6. The molecule has 0 bridgehead atoms. The number of anilines is 6. The molecule has 0 N–H and O–H groups in total. The quantitative estimate of drug-likeness (QED) is 0.104. The average molecular weight is 1290 g/mol. The van der Waals surface area contributed by atoms with Gasteiger partial charge in [0.15, 0.2) is 0 Å². The highest BCUT2D eigenvalue weighted by molar-refractivity contribution is 5.98. The Hall–Kier alpha value is -12.9. The standard InChI is InChI=1S/C90H64N8O2/c1-89(2)77-31-19-17-29-71(77)73-51-41-63(53-79(73)89)75-55-81-82(56-76(75)64-42-52-74-72-30-18-20-32-78(72)90(3,4)80(74)54-64)92-84(58-35-45-68(46-36-58)98(66-27-15-8-16-28-66)70-49-39-62(40-50-70)88-96-94-86(100-88)60-23-11-6-12-24-60)83(91-81)57-33-43-67(44-34-57)97(65-25-13-7-14-26-65)69-47-37-61(38-48-69)87-95-93-85(99-87)59-21-9-5-10-22-59/h5-56H,1-4H3. The Labute approximate surface area is 579 Å². The molecule has 0 spiro atoms. The molecule has 13 aromatic carbocycles. The van der Waals surface area contributed by atoms with Crippen molar-refractivity contribution >= 4 is 45.2 Å². The third-order valence-corrected chi connectivity index (χ3v) is 20.1. The van der Waals surface area contributed by atoms with Gasteiger partial charge in [-0.3, -0.25) is 0 Å². The number of aromatic nitrogens is 6. The van der Waals surface area contributed by atoms with E-state index >= 15 is 0 Å². The van der Waals surface area contributed by atoms with Gasteiger partial charge < -0.3 is 18.6 Å². The summed E-state index contributed by atoms with van der Waals surface area (Å²) in [6.45, 7) is 9.41. The van der Waals surface area contributed by atoms with Gasteiger partial charge in [-0.05, 0) is 212 Å². The van der Waals surface area contributed by atoms with Gasteiger partial charge in [0.1, 0.15) is 0 Å². The van der Waals surface area contributed by atoms with Crippen LogP contribution >= 0.6 is 0 Å². The van der Waals surface area contributed by atoms with Crippen molar-refractivity contribution in [3.63, 3.8) is 0 Å². The second-order valence-electron chi connectivity index (χ2n) is 26.8. The van der Waals surface area contributed by atoms with E-state index in [9.17, 15) is 0 Å². The lowest BCUT2D eigenvalue weighted by atomic mass is 9.80. The average Bonchev–Trinajstić information content (AvgIpc) is 1.67. The smallest absolute Gasteiger partial charge is 0.248 e. The third-order valence-electron chi connectivity index (χ3n) is 20.1. The number of nitrogens with zero attached hydrogens (tertiary/aromatic N) is 8. The normalized spacial score (nSPS) is 13.0. The molecule has 0 fully saturated rings. The molecule has 100 heavy (non-hydrogen) atoms. The predicted octanol–water partition coefficient (Wildman–Crippen LogP) is 23.3. The molecule has 3 aromatic heterocycles. The Balaban J connectivity index is 0.778. The zero-order valence-electron chi connectivity index (χ0n) is 55.4. The molecule has 0 aliphatic heterocycles. The van der Waals surface area contributed by atoms with Crippen LogP contribution in [0.25, 0.3) is 124 Å². The van der Waals surface area contributed by atoms with Crippen molar-refractivity contribution in [2.75, 3.05) is 9.80 Å². The monoisotopic (exact) mass is 1290 g/mol. The minimum absolute atomic E-state index is 0.208. The first kappa shape index (κ1) is 59.6. The van der Waals surface area contributed by atoms with E-state index in [0.29, 0.717) is 23.6 Å². The number of fused-ring (bicyclic) bond motifs is 7. The van der Waals surface area contributed by atoms with Crippen LogP contribution in [-0.4, -0.2) is 30.4 Å². The summed E-state index contributed by atoms with van der Waals surface area (Å²) in [6.07, 6.45) is 0. The Kier molecular flexibility index (Phi) is 14.3. The molecule has 18 rings (SSSR count). The van der Waals surface area contributed by atoms with Gasteiger partial charge in [0.05, 0.1) is 22.4 Å². The van der Waals surface area contributed by atoms with Crippen LogP contribution in [0, 0.1) is 0 Å². The topological polar surface area (TPSA) is 110 Å². The van der Waals surface area contributed by atoms with Gasteiger partial charge in [0.2, 0.25) is 23.6 Å². The largest absolute Gasteiger partial charge is 0.416 e. The Morgan fingerprint density at radius 3 is 0.850 bits per heavy atom. The number of hydrogen-bond donors (Lipinski definition) is 0. The van der Waals surface area contributed by atoms with Gasteiger partial charge in [0, 0.05) is 78.3 Å². The van der Waals surface area contributed by atoms with Crippen molar-refractivity contribution in [2.24, 2.45) is 0 Å². The van der Waals surface area contributed by atoms with Gasteiger partial charge in [-0.2, -0.15) is 0 Å². The molecule has 10 heteroatoms. The van der Waals surface area contributed by atoms with E-state index in [-0.39, 0.29) is 10.8 Å². The molecule has 0 radical (unpaired) electrons. The predicted molar refractivity (Wildman–Crippen MR) is 403 cm³/mol. The molecule has 3 heterocycles. The van der Waals surface area contributed by atoms with Crippen LogP contribution in [0.4, 0.5) is 34.1 Å². The summed E-state index contributed by atoms with van der Waals surface area (Å²) < 4.78 is 12.4. The van der Waals surface area contributed by atoms with Crippen molar-refractivity contribution in [3.05, 3.63) is 338 Å². The lowest BCUT2D eigenvalue weighted by Crippen LogP contribution is -2.15. The minimum atomic E-state index is -0.208. The Bertz CT molecular complexity index is 5400. The first-order valence-corrected chi connectivity index (χ1v) is 33.8. The fourth-order valence-electron chi connectivity index (χ4n) is 14.9. The molecule has 0 atom stereocenters. The van der Waals surface area contributed by atoms with E-state index in [2.05, 4.69) is 276 Å². The van der Waals surface area contributed by atoms with Crippen LogP contribution < -0.4 is 9.80 Å². The molecule has 16 aromatic rings. The van der Waals surface area contributed by atoms with E-state index in [1.165, 1.54) is 44.5 Å². The maximum Gasteiger partial charge on any atom is 0.248 e. The molecule has 2 aliphatic carbocycles. The van der Waals surface area contributed by atoms with E-state index in [4.69, 9.17) is 18.8 Å². The van der Waals surface area contributed by atoms with Crippen LogP contribution in [0.15, 0.2) is 324 Å². The first-order chi connectivity index (χ1) is 49.1. The maximum atomic E-state index is 6.19. The SMILES string of the molecule is CC1(C)c2ccccc2-c2ccc(-c3cc4nc(-c5ccc(N(c6ccccc6)c6ccc(-c7nnc(-c8ccccc8)o7)cc6)cc5)c(-c5ccc(N(c6ccccc6)c6ccc(-c7nnc(-c8ccccc8)o7)cc6)cc5)nc4cc3-c3ccc4c(c3)C(C)(C)c3ccccc3-4)cc21. The third kappa shape index (κ3) is 10.3. The van der Waals surface area contributed by atoms with Gasteiger partial charge in [-0.25, -0.2) is 9.97 Å². The number of rotatable bonds is 14. The fraction of sp³-hybridized carbons (Fsp3) is 0.0667. The summed E-state index contributed by atoms with van der Waals surface area (Å²) in [7, 11) is 0. The van der Waals surface area contributed by atoms with E-state index in [1.807, 2.05) is 97.1 Å². The van der Waals surface area contributed by atoms with Gasteiger partial charge >= 0.3 is 0 Å². The molecule has 10 nitrogen and oxygen atoms in total. The fourth-order valence-corrected chi connectivity index (χ4v) is 14.9. The van der Waals surface area contributed by atoms with Crippen LogP contribution in [-0.2, 0) is 10.8 Å². The zero-order valence-corrected chi connectivity index (χ0v) is 55.4. The van der Waals surface area contributed by atoms with Crippen LogP contribution in [0.5, 0.6) is 0 Å². The molecule has 0 saturated heterocycles. The molecule has 0 unspecified atom stereocenters. The van der Waals surface area contributed by atoms with Crippen LogP contribution in [0.3, 0.4) is 0 Å². The van der Waals surface area contributed by atoms with Crippen molar-refractivity contribution in [1.29, 1.82) is 0 Å². The highest BCUT2D eigenvalue weighted by Gasteiger charge is 2.37. The van der Waals surface area contributed by atoms with Gasteiger partial charge in [-0.15, -0.1) is 20.4 Å². The molecular weight excluding hydrogens is 1230 g/mol. The molecule has 0 saturated carbocycles. The first-order valence-electron chi connectivity index (χ1n) is 33.8. The maximum absolute atomic E-state index is 6.19. The summed E-state index contributed by atoms with van der Waals surface area (Å²) in [4.78, 5) is 16.1. The van der Waals surface area contributed by atoms with Crippen molar-refractivity contribution < 1.29 is 8.83 Å². The van der Waals surface area contributed by atoms with Gasteiger partial charge in [-0.1, -0.05) is 198 Å². The van der Waals surface area contributed by atoms with Gasteiger partial charge in [0.25, 0.3) is 0 Å². The van der Waals surface area contributed by atoms with E-state index in [1.54, 1.807) is 0 Å². The lowest BCUT2D eigenvalue weighted by molar-refractivity contribution is 0.584. The van der Waals surface area contributed by atoms with Crippen LogP contribution in [0.2, 0.25) is 0 Å². The van der Waals surface area contributed by atoms with E-state index < -0.39 is 0 Å². The zero-order chi connectivity index (χ0) is 67.1. The number of hydrogen-bond acceptors (Lipinski definition) is 10. The van der Waals surface area contributed by atoms with Crippen molar-refractivity contribution in [3.8, 4) is 113 Å². The summed E-state index contributed by atoms with van der Waals surface area (Å²) in [6, 6.07) is 111. The Morgan fingerprint density at radius 1 is 0.230 bits per heavy atom. The number of benzene rings is 13. The second kappa shape index (κ2) is 24.0. The summed E-state index contributed by atoms with van der Waals surface area (Å²) in [5.74, 6) is 1.85. The summed E-state index contributed by atoms with van der Waals surface area (Å²) in [5, 5.41) is 17.6. The van der Waals surface area contributed by atoms with Crippen LogP contribution in [0.1, 0.15) is 49.9 Å². The van der Waals surface area contributed by atoms with E-state index in [0.717, 1.165) is 112 Å². The second-order valence-corrected chi connectivity index (χ2v) is 26.8. The lowest BCUT2D eigenvalue weighted by Gasteiger charge is -2.26. The molecule has 476 valence electrons. The molecule has 0 amide bonds. The highest BCUT2D eigenvalue weighted by atomic mass is 16.4. The highest BCUT2D eigenvalue weighted by Crippen LogP contribution is 2.53. The van der Waals surface area contributed by atoms with Crippen molar-refractivity contribution in [2.45, 2.75) is 38.5 Å². The molecule has 2 aliphatic rings.